The fraction of sp³-hybridized carbons (Fsp3) is 0.455. The van der Waals surface area contributed by atoms with Gasteiger partial charge >= 0.3 is 5.97 Å². The van der Waals surface area contributed by atoms with Crippen molar-refractivity contribution in [3.05, 3.63) is 16.3 Å². The Hall–Kier alpha value is -1.21. The van der Waals surface area contributed by atoms with Crippen LogP contribution in [0.2, 0.25) is 0 Å². The van der Waals surface area contributed by atoms with Crippen LogP contribution in [0.25, 0.3) is 0 Å². The van der Waals surface area contributed by atoms with Crippen LogP contribution < -0.4 is 10.1 Å². The quantitative estimate of drug-likeness (QED) is 0.799. The predicted molar refractivity (Wildman–Crippen MR) is 72.8 cm³/mol. The highest BCUT2D eigenvalue weighted by atomic mass is 32.2. The molecule has 0 aliphatic heterocycles. The number of carboxylic acids is 1. The Morgan fingerprint density at radius 1 is 1.61 bits per heavy atom. The van der Waals surface area contributed by atoms with E-state index in [0.717, 1.165) is 0 Å². The van der Waals surface area contributed by atoms with Crippen molar-refractivity contribution >= 4 is 35.0 Å². The number of rotatable bonds is 7. The van der Waals surface area contributed by atoms with Crippen LogP contribution in [0.3, 0.4) is 0 Å². The van der Waals surface area contributed by atoms with Crippen molar-refractivity contribution in [3.8, 4) is 5.75 Å². The number of nitrogens with one attached hydrogen (secondary N) is 1. The van der Waals surface area contributed by atoms with E-state index in [1.165, 1.54) is 18.4 Å². The summed E-state index contributed by atoms with van der Waals surface area (Å²) in [5.41, 5.74) is 0. The number of hydrogen-bond acceptors (Lipinski definition) is 5. The zero-order valence-electron chi connectivity index (χ0n) is 10.1. The Morgan fingerprint density at radius 3 is 2.89 bits per heavy atom. The Kier molecular flexibility index (Phi) is 6.00. The Morgan fingerprint density at radius 2 is 2.33 bits per heavy atom. The van der Waals surface area contributed by atoms with E-state index in [0.29, 0.717) is 22.8 Å². The average Bonchev–Trinajstić information content (AvgIpc) is 2.82. The average molecular weight is 289 g/mol. The standard InChI is InChI=1S/C11H15NO4S2/c1-16-8-4-6-18-9(8)10(13)12-7(11(14)15)3-5-17-2/h4,6-7H,3,5H2,1-2H3,(H,12,13)(H,14,15). The lowest BCUT2D eigenvalue weighted by Crippen LogP contribution is -2.41. The Balaban J connectivity index is 2.69. The van der Waals surface area contributed by atoms with Gasteiger partial charge in [-0.15, -0.1) is 11.3 Å². The molecule has 0 saturated heterocycles. The van der Waals surface area contributed by atoms with Crippen LogP contribution in [0.15, 0.2) is 11.4 Å². The number of carboxylic acid groups (broad SMARTS) is 1. The first-order valence-electron chi connectivity index (χ1n) is 5.24. The largest absolute Gasteiger partial charge is 0.495 e. The summed E-state index contributed by atoms with van der Waals surface area (Å²) >= 11 is 2.77. The third-order valence-corrected chi connectivity index (χ3v) is 3.81. The minimum atomic E-state index is -1.02. The molecule has 1 heterocycles. The molecule has 0 fully saturated rings. The zero-order valence-corrected chi connectivity index (χ0v) is 11.8. The van der Waals surface area contributed by atoms with Crippen molar-refractivity contribution in [1.29, 1.82) is 0 Å². The number of thiophene rings is 1. The molecule has 100 valence electrons. The van der Waals surface area contributed by atoms with Crippen molar-refractivity contribution in [2.75, 3.05) is 19.1 Å². The maximum Gasteiger partial charge on any atom is 0.326 e. The monoisotopic (exact) mass is 289 g/mol. The van der Waals surface area contributed by atoms with Gasteiger partial charge in [0.1, 0.15) is 16.7 Å². The van der Waals surface area contributed by atoms with Gasteiger partial charge in [-0.25, -0.2) is 4.79 Å². The van der Waals surface area contributed by atoms with Gasteiger partial charge in [-0.2, -0.15) is 11.8 Å². The van der Waals surface area contributed by atoms with Crippen LogP contribution >= 0.6 is 23.1 Å². The number of carbonyl (C=O) groups is 2. The van der Waals surface area contributed by atoms with Crippen LogP contribution in [0.1, 0.15) is 16.1 Å². The third kappa shape index (κ3) is 3.92. The zero-order chi connectivity index (χ0) is 13.5. The Bertz CT molecular complexity index is 419. The van der Waals surface area contributed by atoms with Crippen LogP contribution in [-0.2, 0) is 4.79 Å². The van der Waals surface area contributed by atoms with Crippen LogP contribution in [-0.4, -0.2) is 42.1 Å². The molecule has 0 aliphatic carbocycles. The summed E-state index contributed by atoms with van der Waals surface area (Å²) in [6.07, 6.45) is 2.29. The van der Waals surface area contributed by atoms with Gasteiger partial charge in [0.15, 0.2) is 0 Å². The molecule has 0 aromatic carbocycles. The minimum absolute atomic E-state index is 0.396. The van der Waals surface area contributed by atoms with Crippen molar-refractivity contribution in [3.63, 3.8) is 0 Å². The first-order valence-corrected chi connectivity index (χ1v) is 7.51. The smallest absolute Gasteiger partial charge is 0.326 e. The molecule has 1 aromatic heterocycles. The highest BCUT2D eigenvalue weighted by molar-refractivity contribution is 7.98. The molecule has 1 unspecified atom stereocenters. The van der Waals surface area contributed by atoms with Crippen molar-refractivity contribution in [2.45, 2.75) is 12.5 Å². The first kappa shape index (κ1) is 14.8. The molecule has 18 heavy (non-hydrogen) atoms. The van der Waals surface area contributed by atoms with Gasteiger partial charge in [-0.1, -0.05) is 0 Å². The lowest BCUT2D eigenvalue weighted by Gasteiger charge is -2.13. The van der Waals surface area contributed by atoms with Gasteiger partial charge in [-0.05, 0) is 29.9 Å². The number of thioether (sulfide) groups is 1. The summed E-state index contributed by atoms with van der Waals surface area (Å²) in [6, 6.07) is 0.814. The molecule has 1 rings (SSSR count). The second-order valence-corrected chi connectivity index (χ2v) is 5.37. The summed E-state index contributed by atoms with van der Waals surface area (Å²) in [5, 5.41) is 13.3. The summed E-state index contributed by atoms with van der Waals surface area (Å²) in [6.45, 7) is 0. The highest BCUT2D eigenvalue weighted by Crippen LogP contribution is 2.24. The van der Waals surface area contributed by atoms with E-state index in [1.54, 1.807) is 23.2 Å². The highest BCUT2D eigenvalue weighted by Gasteiger charge is 2.22. The topological polar surface area (TPSA) is 75.6 Å². The lowest BCUT2D eigenvalue weighted by molar-refractivity contribution is -0.139. The number of ether oxygens (including phenoxy) is 1. The van der Waals surface area contributed by atoms with Gasteiger partial charge < -0.3 is 15.2 Å². The van der Waals surface area contributed by atoms with Crippen LogP contribution in [0.5, 0.6) is 5.75 Å². The molecule has 7 heteroatoms. The Labute approximate surface area is 114 Å². The maximum absolute atomic E-state index is 11.9. The lowest BCUT2D eigenvalue weighted by atomic mass is 10.2. The first-order chi connectivity index (χ1) is 8.60. The molecule has 2 N–H and O–H groups in total. The van der Waals surface area contributed by atoms with E-state index >= 15 is 0 Å². The molecule has 0 bridgehead atoms. The molecular weight excluding hydrogens is 274 g/mol. The normalized spacial score (nSPS) is 11.9. The second kappa shape index (κ2) is 7.27. The van der Waals surface area contributed by atoms with Crippen molar-refractivity contribution in [1.82, 2.24) is 5.32 Å². The van der Waals surface area contributed by atoms with Gasteiger partial charge in [-0.3, -0.25) is 4.79 Å². The molecule has 0 spiro atoms. The molecule has 5 nitrogen and oxygen atoms in total. The van der Waals surface area contributed by atoms with Gasteiger partial charge in [0.25, 0.3) is 5.91 Å². The molecule has 1 amide bonds. The summed E-state index contributed by atoms with van der Waals surface area (Å²) in [4.78, 5) is 23.3. The number of amides is 1. The molecule has 0 radical (unpaired) electrons. The summed E-state index contributed by atoms with van der Waals surface area (Å²) in [7, 11) is 1.47. The predicted octanol–water partition coefficient (Wildman–Crippen LogP) is 1.69. The number of carbonyl (C=O) groups excluding carboxylic acids is 1. The number of methoxy groups -OCH3 is 1. The minimum Gasteiger partial charge on any atom is -0.495 e. The molecule has 1 aromatic rings. The summed E-state index contributed by atoms with van der Waals surface area (Å²) in [5.74, 6) is -0.284. The van der Waals surface area contributed by atoms with Gasteiger partial charge in [0.05, 0.1) is 7.11 Å². The molecular formula is C11H15NO4S2. The SMILES string of the molecule is COc1ccsc1C(=O)NC(CCSC)C(=O)O. The fourth-order valence-corrected chi connectivity index (χ4v) is 2.57. The maximum atomic E-state index is 11.9. The van der Waals surface area contributed by atoms with Crippen molar-refractivity contribution in [2.24, 2.45) is 0 Å². The van der Waals surface area contributed by atoms with Gasteiger partial charge in [0.2, 0.25) is 0 Å². The van der Waals surface area contributed by atoms with Crippen molar-refractivity contribution < 1.29 is 19.4 Å². The number of hydrogen-bond donors (Lipinski definition) is 2. The third-order valence-electron chi connectivity index (χ3n) is 2.27. The van der Waals surface area contributed by atoms with E-state index in [9.17, 15) is 9.59 Å². The second-order valence-electron chi connectivity index (χ2n) is 3.46. The fourth-order valence-electron chi connectivity index (χ4n) is 1.34. The van der Waals surface area contributed by atoms with E-state index in [-0.39, 0.29) is 0 Å². The number of aliphatic carboxylic acids is 1. The molecule has 1 atom stereocenters. The molecule has 0 aliphatic rings. The van der Waals surface area contributed by atoms with E-state index < -0.39 is 17.9 Å². The molecule has 0 saturated carbocycles. The summed E-state index contributed by atoms with van der Waals surface area (Å²) < 4.78 is 5.03. The van der Waals surface area contributed by atoms with E-state index in [2.05, 4.69) is 5.32 Å². The van der Waals surface area contributed by atoms with E-state index in [1.807, 2.05) is 6.26 Å². The van der Waals surface area contributed by atoms with Crippen LogP contribution in [0, 0.1) is 0 Å². The van der Waals surface area contributed by atoms with E-state index in [4.69, 9.17) is 9.84 Å². The van der Waals surface area contributed by atoms with Gasteiger partial charge in [0, 0.05) is 0 Å². The van der Waals surface area contributed by atoms with Crippen LogP contribution in [0.4, 0.5) is 0 Å².